The van der Waals surface area contributed by atoms with E-state index in [4.69, 9.17) is 23.2 Å². The fraction of sp³-hybridized carbons (Fsp3) is 0.562. The Morgan fingerprint density at radius 1 is 1.42 bits per heavy atom. The number of sulfone groups is 1. The van der Waals surface area contributed by atoms with E-state index in [0.29, 0.717) is 22.2 Å². The van der Waals surface area contributed by atoms with Crippen molar-refractivity contribution < 1.29 is 13.2 Å². The minimum absolute atomic E-state index is 0.114. The number of hydrogen-bond donors (Lipinski definition) is 1. The third-order valence-electron chi connectivity index (χ3n) is 4.36. The Bertz CT molecular complexity index is 709. The van der Waals surface area contributed by atoms with Crippen LogP contribution in [0, 0.1) is 0 Å². The number of nitrogens with one attached hydrogen (secondary N) is 1. The predicted molar refractivity (Wildman–Crippen MR) is 98.6 cm³/mol. The van der Waals surface area contributed by atoms with E-state index in [9.17, 15) is 13.2 Å². The quantitative estimate of drug-likeness (QED) is 0.806. The molecule has 1 saturated heterocycles. The zero-order valence-corrected chi connectivity index (χ0v) is 16.1. The molecule has 0 bridgehead atoms. The number of carbonyl (C=O) groups excluding carboxylic acids is 1. The van der Waals surface area contributed by atoms with Crippen LogP contribution in [0.3, 0.4) is 0 Å². The van der Waals surface area contributed by atoms with Crippen LogP contribution in [0.4, 0.5) is 5.69 Å². The summed E-state index contributed by atoms with van der Waals surface area (Å²) >= 11 is 12.0. The van der Waals surface area contributed by atoms with E-state index in [2.05, 4.69) is 5.32 Å². The Morgan fingerprint density at radius 3 is 2.71 bits per heavy atom. The second-order valence-electron chi connectivity index (χ2n) is 6.16. The first-order chi connectivity index (χ1) is 11.2. The number of carbonyl (C=O) groups is 1. The van der Waals surface area contributed by atoms with Gasteiger partial charge in [0.2, 0.25) is 5.91 Å². The van der Waals surface area contributed by atoms with Crippen LogP contribution >= 0.6 is 23.2 Å². The Morgan fingerprint density at radius 2 is 2.12 bits per heavy atom. The highest BCUT2D eigenvalue weighted by molar-refractivity contribution is 7.91. The zero-order chi connectivity index (χ0) is 17.9. The van der Waals surface area contributed by atoms with Crippen LogP contribution in [-0.4, -0.2) is 49.4 Å². The Kier molecular flexibility index (Phi) is 6.53. The highest BCUT2D eigenvalue weighted by Crippen LogP contribution is 2.26. The van der Waals surface area contributed by atoms with E-state index in [1.807, 2.05) is 18.7 Å². The molecule has 5 nitrogen and oxygen atoms in total. The average molecular weight is 393 g/mol. The Hall–Kier alpha value is -0.820. The molecule has 1 aliphatic heterocycles. The van der Waals surface area contributed by atoms with Crippen LogP contribution in [0.2, 0.25) is 10.0 Å². The number of anilines is 1. The third kappa shape index (κ3) is 5.09. The molecule has 1 amide bonds. The summed E-state index contributed by atoms with van der Waals surface area (Å²) in [7, 11) is -3.00. The van der Waals surface area contributed by atoms with Gasteiger partial charge >= 0.3 is 0 Å². The van der Waals surface area contributed by atoms with Crippen molar-refractivity contribution in [2.45, 2.75) is 38.8 Å². The summed E-state index contributed by atoms with van der Waals surface area (Å²) in [5.74, 6) is 0.0679. The van der Waals surface area contributed by atoms with Gasteiger partial charge in [-0.05, 0) is 38.0 Å². The van der Waals surface area contributed by atoms with Gasteiger partial charge < -0.3 is 5.32 Å². The molecule has 1 aromatic carbocycles. The van der Waals surface area contributed by atoms with Gasteiger partial charge in [-0.2, -0.15) is 0 Å². The first-order valence-electron chi connectivity index (χ1n) is 7.93. The summed E-state index contributed by atoms with van der Waals surface area (Å²) in [5, 5.41) is 3.65. The van der Waals surface area contributed by atoms with Crippen molar-refractivity contribution in [2.75, 3.05) is 23.4 Å². The smallest absolute Gasteiger partial charge is 0.238 e. The molecule has 0 aliphatic carbocycles. The van der Waals surface area contributed by atoms with Crippen molar-refractivity contribution in [2.24, 2.45) is 0 Å². The maximum Gasteiger partial charge on any atom is 0.238 e. The highest BCUT2D eigenvalue weighted by atomic mass is 35.5. The summed E-state index contributed by atoms with van der Waals surface area (Å²) in [5.41, 5.74) is 0.456. The molecule has 134 valence electrons. The lowest BCUT2D eigenvalue weighted by molar-refractivity contribution is -0.118. The third-order valence-corrected chi connectivity index (χ3v) is 6.68. The molecular weight excluding hydrogens is 371 g/mol. The van der Waals surface area contributed by atoms with Crippen LogP contribution < -0.4 is 5.32 Å². The standard InChI is InChI=1S/C16H22Cl2N2O3S/c1-3-11(2)20(13-6-7-24(22,23)10-13)9-16(21)19-15-8-12(17)4-5-14(15)18/h4-5,8,11,13H,3,6-7,9-10H2,1-2H3,(H,19,21). The van der Waals surface area contributed by atoms with Gasteiger partial charge in [0.25, 0.3) is 0 Å². The molecule has 0 spiro atoms. The van der Waals surface area contributed by atoms with Gasteiger partial charge in [0.1, 0.15) is 0 Å². The van der Waals surface area contributed by atoms with Gasteiger partial charge in [0, 0.05) is 17.1 Å². The molecule has 0 radical (unpaired) electrons. The average Bonchev–Trinajstić information content (AvgIpc) is 2.87. The van der Waals surface area contributed by atoms with Gasteiger partial charge in [0.15, 0.2) is 9.84 Å². The second-order valence-corrected chi connectivity index (χ2v) is 9.23. The fourth-order valence-electron chi connectivity index (χ4n) is 2.87. The number of nitrogens with zero attached hydrogens (tertiary/aromatic N) is 1. The van der Waals surface area contributed by atoms with Gasteiger partial charge in [0.05, 0.1) is 28.8 Å². The summed E-state index contributed by atoms with van der Waals surface area (Å²) in [6.45, 7) is 4.15. The second kappa shape index (κ2) is 8.04. The maximum absolute atomic E-state index is 12.4. The molecule has 1 aromatic rings. The van der Waals surface area contributed by atoms with E-state index < -0.39 is 9.84 Å². The largest absolute Gasteiger partial charge is 0.324 e. The lowest BCUT2D eigenvalue weighted by Gasteiger charge is -2.32. The van der Waals surface area contributed by atoms with Crippen LogP contribution in [0.5, 0.6) is 0 Å². The van der Waals surface area contributed by atoms with E-state index in [0.717, 1.165) is 6.42 Å². The molecule has 1 fully saturated rings. The molecule has 8 heteroatoms. The minimum atomic E-state index is -3.00. The molecule has 1 heterocycles. The number of benzene rings is 1. The summed E-state index contributed by atoms with van der Waals surface area (Å²) in [4.78, 5) is 14.4. The van der Waals surface area contributed by atoms with Crippen LogP contribution in [0.25, 0.3) is 0 Å². The summed E-state index contributed by atoms with van der Waals surface area (Å²) in [6.07, 6.45) is 1.40. The van der Waals surface area contributed by atoms with Crippen molar-refractivity contribution in [3.05, 3.63) is 28.2 Å². The summed E-state index contributed by atoms with van der Waals surface area (Å²) in [6, 6.07) is 4.86. The van der Waals surface area contributed by atoms with Gasteiger partial charge in [-0.3, -0.25) is 9.69 Å². The number of halogens is 2. The van der Waals surface area contributed by atoms with E-state index in [1.54, 1.807) is 18.2 Å². The predicted octanol–water partition coefficient (Wildman–Crippen LogP) is 3.22. The maximum atomic E-state index is 12.4. The SMILES string of the molecule is CCC(C)N(CC(=O)Nc1cc(Cl)ccc1Cl)C1CCS(=O)(=O)C1. The molecule has 0 aromatic heterocycles. The first kappa shape index (κ1) is 19.5. The fourth-order valence-corrected chi connectivity index (χ4v) is 4.94. The number of amides is 1. The highest BCUT2D eigenvalue weighted by Gasteiger charge is 2.34. The van der Waals surface area contributed by atoms with Gasteiger partial charge in [-0.15, -0.1) is 0 Å². The molecule has 2 unspecified atom stereocenters. The van der Waals surface area contributed by atoms with Crippen LogP contribution in [-0.2, 0) is 14.6 Å². The topological polar surface area (TPSA) is 66.5 Å². The van der Waals surface area contributed by atoms with Crippen LogP contribution in [0.1, 0.15) is 26.7 Å². The number of rotatable bonds is 6. The van der Waals surface area contributed by atoms with Gasteiger partial charge in [-0.1, -0.05) is 30.1 Å². The molecular formula is C16H22Cl2N2O3S. The molecule has 1 N–H and O–H groups in total. The molecule has 24 heavy (non-hydrogen) atoms. The van der Waals surface area contributed by atoms with E-state index in [-0.39, 0.29) is 36.0 Å². The van der Waals surface area contributed by atoms with Crippen LogP contribution in [0.15, 0.2) is 18.2 Å². The van der Waals surface area contributed by atoms with Gasteiger partial charge in [-0.25, -0.2) is 8.42 Å². The lowest BCUT2D eigenvalue weighted by Crippen LogP contribution is -2.46. The van der Waals surface area contributed by atoms with E-state index >= 15 is 0 Å². The van der Waals surface area contributed by atoms with Crippen molar-refractivity contribution in [3.8, 4) is 0 Å². The van der Waals surface area contributed by atoms with Crippen molar-refractivity contribution in [1.82, 2.24) is 4.90 Å². The molecule has 2 rings (SSSR count). The van der Waals surface area contributed by atoms with Crippen molar-refractivity contribution >= 4 is 44.6 Å². The normalized spacial score (nSPS) is 21.0. The first-order valence-corrected chi connectivity index (χ1v) is 10.5. The zero-order valence-electron chi connectivity index (χ0n) is 13.8. The molecule has 1 aliphatic rings. The van der Waals surface area contributed by atoms with Crippen molar-refractivity contribution in [3.63, 3.8) is 0 Å². The number of hydrogen-bond acceptors (Lipinski definition) is 4. The lowest BCUT2D eigenvalue weighted by atomic mass is 10.1. The monoisotopic (exact) mass is 392 g/mol. The molecule has 2 atom stereocenters. The Balaban J connectivity index is 2.09. The minimum Gasteiger partial charge on any atom is -0.324 e. The summed E-state index contributed by atoms with van der Waals surface area (Å²) < 4.78 is 23.5. The van der Waals surface area contributed by atoms with E-state index in [1.165, 1.54) is 0 Å². The Labute approximate surface area is 153 Å². The molecule has 0 saturated carbocycles. The van der Waals surface area contributed by atoms with Crippen molar-refractivity contribution in [1.29, 1.82) is 0 Å².